The summed E-state index contributed by atoms with van der Waals surface area (Å²) in [5.41, 5.74) is 0. The van der Waals surface area contributed by atoms with Gasteiger partial charge in [0, 0.05) is 91.2 Å². The summed E-state index contributed by atoms with van der Waals surface area (Å²) in [6.07, 6.45) is 0. The van der Waals surface area contributed by atoms with Crippen LogP contribution in [0.15, 0.2) is 0 Å². The summed E-state index contributed by atoms with van der Waals surface area (Å²) < 4.78 is 0. The second-order valence-electron chi connectivity index (χ2n) is 0. The molecule has 0 atom stereocenters. The van der Waals surface area contributed by atoms with Gasteiger partial charge in [-0.25, -0.2) is 0 Å². The molecule has 0 saturated carbocycles. The number of hydrogen-bond donors (Lipinski definition) is 0. The second-order valence-corrected chi connectivity index (χ2v) is 0. The van der Waals surface area contributed by atoms with Crippen LogP contribution in [0.5, 0.6) is 0 Å². The van der Waals surface area contributed by atoms with E-state index in [1.165, 1.54) is 0 Å². The van der Waals surface area contributed by atoms with E-state index in [1.54, 1.807) is 0 Å². The van der Waals surface area contributed by atoms with Gasteiger partial charge in [0.05, 0.1) is 0 Å². The van der Waals surface area contributed by atoms with E-state index in [9.17, 15) is 0 Å². The first kappa shape index (κ1) is 42.1. The molecule has 6 heavy (non-hydrogen) atoms. The van der Waals surface area contributed by atoms with E-state index in [4.69, 9.17) is 0 Å². The van der Waals surface area contributed by atoms with Crippen molar-refractivity contribution in [2.24, 2.45) is 0 Å². The summed E-state index contributed by atoms with van der Waals surface area (Å²) in [6.45, 7) is 0. The maximum atomic E-state index is 0. The van der Waals surface area contributed by atoms with Crippen molar-refractivity contribution < 1.29 is 91.2 Å². The molecule has 32 valence electrons. The minimum atomic E-state index is 0. The molecule has 0 heterocycles. The predicted molar refractivity (Wildman–Crippen MR) is 17.1 cm³/mol. The molecular weight excluding hydrogens is 382 g/mol. The smallest absolute Gasteiger partial charge is 0 e. The fourth-order valence-electron chi connectivity index (χ4n) is 0. The Kier molecular flexibility index (Phi) is 220. The molecule has 2 radical (unpaired) electrons. The van der Waals surface area contributed by atoms with Crippen molar-refractivity contribution in [1.29, 1.82) is 0 Å². The monoisotopic (exact) mass is 386 g/mol. The van der Waals surface area contributed by atoms with E-state index in [2.05, 4.69) is 0 Å². The Balaban J connectivity index is 0. The van der Waals surface area contributed by atoms with Gasteiger partial charge in [-0.15, -0.1) is 0 Å². The van der Waals surface area contributed by atoms with Crippen molar-refractivity contribution in [3.8, 4) is 0 Å². The maximum absolute atomic E-state index is 0. The number of hydrogen-bond acceptors (Lipinski definition) is 0. The largest absolute Gasteiger partial charge is 0 e. The molecular formula is H4Ca2CoFeLaTi. The second kappa shape index (κ2) is 31.4. The van der Waals surface area contributed by atoms with Gasteiger partial charge in [0.1, 0.15) is 0 Å². The van der Waals surface area contributed by atoms with Gasteiger partial charge in [-0.05, 0) is 0 Å². The van der Waals surface area contributed by atoms with Gasteiger partial charge in [-0.1, -0.05) is 0 Å². The molecule has 0 aliphatic carbocycles. The van der Waals surface area contributed by atoms with Crippen molar-refractivity contribution >= 4 is 75.5 Å². The molecule has 0 aliphatic rings. The van der Waals surface area contributed by atoms with Crippen molar-refractivity contribution in [2.45, 2.75) is 0 Å². The quantitative estimate of drug-likeness (QED) is 0.430. The molecule has 0 amide bonds. The zero-order valence-electron chi connectivity index (χ0n) is 1.76. The topological polar surface area (TPSA) is 0 Å². The molecule has 0 rings (SSSR count). The SMILES string of the molecule is [CaH2].[CaH2].[Co].[Fe].[La].[Ti]. The van der Waals surface area contributed by atoms with Crippen LogP contribution >= 0.6 is 0 Å². The summed E-state index contributed by atoms with van der Waals surface area (Å²) in [5.74, 6) is 0. The van der Waals surface area contributed by atoms with Gasteiger partial charge < -0.3 is 0 Å². The van der Waals surface area contributed by atoms with Gasteiger partial charge in [0.15, 0.2) is 0 Å². The molecule has 0 aromatic carbocycles. The van der Waals surface area contributed by atoms with E-state index in [-0.39, 0.29) is 167 Å². The van der Waals surface area contributed by atoms with Crippen LogP contribution < -0.4 is 0 Å². The molecule has 0 aromatic rings. The summed E-state index contributed by atoms with van der Waals surface area (Å²) in [5, 5.41) is 0. The normalized spacial score (nSPS) is 0. The van der Waals surface area contributed by atoms with Crippen LogP contribution in [0.4, 0.5) is 0 Å². The van der Waals surface area contributed by atoms with Crippen LogP contribution in [0.3, 0.4) is 0 Å². The van der Waals surface area contributed by atoms with Gasteiger partial charge in [-0.2, -0.15) is 0 Å². The van der Waals surface area contributed by atoms with Gasteiger partial charge in [-0.3, -0.25) is 0 Å². The molecule has 0 bridgehead atoms. The predicted octanol–water partition coefficient (Wildman–Crippen LogP) is -1.84. The Hall–Kier alpha value is 5.45. The zero-order valence-corrected chi connectivity index (χ0v) is 9.10. The van der Waals surface area contributed by atoms with Crippen molar-refractivity contribution in [2.75, 3.05) is 0 Å². The third kappa shape index (κ3) is 22.7. The average Bonchev–Trinajstić information content (AvgIpc) is 0. The van der Waals surface area contributed by atoms with E-state index in [1.807, 2.05) is 0 Å². The van der Waals surface area contributed by atoms with E-state index >= 15 is 0 Å². The Labute approximate surface area is 162 Å². The Bertz CT molecular complexity index is 13.5. The Morgan fingerprint density at radius 2 is 0.833 bits per heavy atom. The van der Waals surface area contributed by atoms with E-state index in [0.29, 0.717) is 0 Å². The van der Waals surface area contributed by atoms with E-state index in [0.717, 1.165) is 0 Å². The van der Waals surface area contributed by atoms with Crippen LogP contribution in [0.25, 0.3) is 0 Å². The van der Waals surface area contributed by atoms with E-state index < -0.39 is 0 Å². The van der Waals surface area contributed by atoms with Gasteiger partial charge in [0.2, 0.25) is 0 Å². The molecule has 0 unspecified atom stereocenters. The maximum Gasteiger partial charge on any atom is 0 e. The molecule has 0 saturated heterocycles. The van der Waals surface area contributed by atoms with Crippen LogP contribution in [0, 0.1) is 35.6 Å². The third-order valence-electron chi connectivity index (χ3n) is 0. The first-order valence-electron chi connectivity index (χ1n) is 0. The molecule has 0 nitrogen and oxygen atoms in total. The Morgan fingerprint density at radius 1 is 0.833 bits per heavy atom. The summed E-state index contributed by atoms with van der Waals surface area (Å²) in [6, 6.07) is 0. The first-order valence-corrected chi connectivity index (χ1v) is 0. The Morgan fingerprint density at radius 3 is 0.833 bits per heavy atom. The molecule has 0 N–H and O–H groups in total. The van der Waals surface area contributed by atoms with Crippen molar-refractivity contribution in [1.82, 2.24) is 0 Å². The average molecular weight is 386 g/mol. The molecule has 0 spiro atoms. The number of rotatable bonds is 0. The van der Waals surface area contributed by atoms with Crippen LogP contribution in [-0.4, -0.2) is 75.5 Å². The van der Waals surface area contributed by atoms with Crippen LogP contribution in [-0.2, 0) is 55.6 Å². The fourth-order valence-corrected chi connectivity index (χ4v) is 0. The standard InChI is InChI=1S/2Ca.Co.Fe.La.Ti.4H. The van der Waals surface area contributed by atoms with Crippen LogP contribution in [0.1, 0.15) is 0 Å². The summed E-state index contributed by atoms with van der Waals surface area (Å²) in [7, 11) is 0. The minimum Gasteiger partial charge on any atom is 0 e. The zero-order chi connectivity index (χ0) is 0. The molecule has 0 fully saturated rings. The first-order chi connectivity index (χ1) is 0. The van der Waals surface area contributed by atoms with Gasteiger partial charge in [0.25, 0.3) is 0 Å². The summed E-state index contributed by atoms with van der Waals surface area (Å²) in [4.78, 5) is 0. The van der Waals surface area contributed by atoms with Crippen LogP contribution in [0.2, 0.25) is 0 Å². The third-order valence-corrected chi connectivity index (χ3v) is 0. The van der Waals surface area contributed by atoms with Gasteiger partial charge >= 0.3 is 75.5 Å². The van der Waals surface area contributed by atoms with Crippen molar-refractivity contribution in [3.05, 3.63) is 0 Å². The molecule has 0 aromatic heterocycles. The summed E-state index contributed by atoms with van der Waals surface area (Å²) >= 11 is 0. The molecule has 0 aliphatic heterocycles. The fraction of sp³-hybridized carbons (Fsp3) is 0. The molecule has 6 heteroatoms. The van der Waals surface area contributed by atoms with Crippen molar-refractivity contribution in [3.63, 3.8) is 0 Å². The minimum absolute atomic E-state index is 0.